The van der Waals surface area contributed by atoms with Crippen LogP contribution in [0.5, 0.6) is 0 Å². The molecule has 0 bridgehead atoms. The average molecular weight is 550 g/mol. The first-order valence-corrected chi connectivity index (χ1v) is 12.6. The van der Waals surface area contributed by atoms with Crippen LogP contribution >= 0.6 is 0 Å². The summed E-state index contributed by atoms with van der Waals surface area (Å²) in [6, 6.07) is 36.9. The van der Waals surface area contributed by atoms with Crippen molar-refractivity contribution >= 4 is 11.9 Å². The summed E-state index contributed by atoms with van der Waals surface area (Å²) in [5.41, 5.74) is 6.41. The summed E-state index contributed by atoms with van der Waals surface area (Å²) in [6.45, 7) is 2.85. The fourth-order valence-corrected chi connectivity index (χ4v) is 4.07. The van der Waals surface area contributed by atoms with Crippen LogP contribution in [-0.2, 0) is 24.3 Å². The smallest absolute Gasteiger partial charge is 0.478 e. The molecule has 0 fully saturated rings. The van der Waals surface area contributed by atoms with Gasteiger partial charge in [0.15, 0.2) is 0 Å². The summed E-state index contributed by atoms with van der Waals surface area (Å²) in [5.74, 6) is -3.66. The molecule has 8 heteroatoms. The summed E-state index contributed by atoms with van der Waals surface area (Å²) in [6.07, 6.45) is -2.89. The second-order valence-electron chi connectivity index (χ2n) is 9.17. The third-order valence-electron chi connectivity index (χ3n) is 6.10. The predicted octanol–water partition coefficient (Wildman–Crippen LogP) is 7.32. The Morgan fingerprint density at radius 3 is 1.50 bits per heavy atom. The fourth-order valence-electron chi connectivity index (χ4n) is 4.07. The number of rotatable bonds is 10. The number of aromatic carboxylic acids is 1. The number of carboxylic acid groups (broad SMARTS) is 2. The summed E-state index contributed by atoms with van der Waals surface area (Å²) in [7, 11) is 0. The Labute approximate surface area is 231 Å². The summed E-state index contributed by atoms with van der Waals surface area (Å²) in [5, 5.41) is 16.2. The number of alkyl halides is 3. The van der Waals surface area contributed by atoms with Crippen LogP contribution in [0, 0.1) is 0 Å². The lowest BCUT2D eigenvalue weighted by Crippen LogP contribution is -2.24. The molecule has 208 valence electrons. The van der Waals surface area contributed by atoms with Gasteiger partial charge in [-0.25, -0.2) is 9.59 Å². The van der Waals surface area contributed by atoms with E-state index in [0.717, 1.165) is 43.6 Å². The second kappa shape index (κ2) is 14.6. The number of aryl methyl sites for hydroxylation is 1. The fraction of sp³-hybridized carbons (Fsp3) is 0.188. The van der Waals surface area contributed by atoms with E-state index in [2.05, 4.69) is 89.8 Å². The van der Waals surface area contributed by atoms with E-state index in [9.17, 15) is 18.0 Å². The second-order valence-corrected chi connectivity index (χ2v) is 9.17. The van der Waals surface area contributed by atoms with Gasteiger partial charge < -0.3 is 10.2 Å². The highest BCUT2D eigenvalue weighted by molar-refractivity contribution is 5.88. The standard InChI is InChI=1S/C30H29NO2.C2HF3O2/c32-30(33)29-19-17-28(18-20-29)27-15-13-26(14-16-27)23-31(22-25-10-5-2-6-11-25)21-7-12-24-8-3-1-4-9-24;3-2(4,5)1(6)7/h1-6,8-11,13-20H,7,12,21-23H2,(H,32,33);(H,6,7). The zero-order valence-corrected chi connectivity index (χ0v) is 21.7. The highest BCUT2D eigenvalue weighted by Gasteiger charge is 2.38. The van der Waals surface area contributed by atoms with Crippen LogP contribution < -0.4 is 0 Å². The molecule has 2 N–H and O–H groups in total. The Morgan fingerprint density at radius 2 is 1.05 bits per heavy atom. The van der Waals surface area contributed by atoms with Gasteiger partial charge in [0.05, 0.1) is 5.56 Å². The molecule has 4 aromatic rings. The van der Waals surface area contributed by atoms with Crippen molar-refractivity contribution in [1.82, 2.24) is 4.90 Å². The van der Waals surface area contributed by atoms with Gasteiger partial charge in [-0.05, 0) is 59.3 Å². The van der Waals surface area contributed by atoms with E-state index in [-0.39, 0.29) is 0 Å². The Kier molecular flexibility index (Phi) is 11.0. The maximum atomic E-state index is 11.1. The SMILES string of the molecule is O=C(O)C(F)(F)F.O=C(O)c1ccc(-c2ccc(CN(CCCc3ccccc3)Cc3ccccc3)cc2)cc1. The van der Waals surface area contributed by atoms with E-state index in [1.54, 1.807) is 12.1 Å². The zero-order chi connectivity index (χ0) is 29.0. The van der Waals surface area contributed by atoms with Crippen LogP contribution in [0.2, 0.25) is 0 Å². The normalized spacial score (nSPS) is 11.0. The van der Waals surface area contributed by atoms with Crippen LogP contribution in [-0.4, -0.2) is 39.8 Å². The van der Waals surface area contributed by atoms with E-state index in [1.807, 2.05) is 12.1 Å². The maximum absolute atomic E-state index is 11.1. The molecule has 0 aliphatic carbocycles. The third-order valence-corrected chi connectivity index (χ3v) is 6.10. The van der Waals surface area contributed by atoms with E-state index in [0.29, 0.717) is 5.56 Å². The molecule has 0 aliphatic heterocycles. The number of hydrogen-bond donors (Lipinski definition) is 2. The Morgan fingerprint density at radius 1 is 0.625 bits per heavy atom. The van der Waals surface area contributed by atoms with Crippen molar-refractivity contribution in [2.75, 3.05) is 6.54 Å². The molecule has 0 heterocycles. The molecule has 40 heavy (non-hydrogen) atoms. The number of hydrogen-bond acceptors (Lipinski definition) is 3. The summed E-state index contributed by atoms with van der Waals surface area (Å²) < 4.78 is 31.7. The van der Waals surface area contributed by atoms with Crippen LogP contribution in [0.1, 0.15) is 33.5 Å². The van der Waals surface area contributed by atoms with Gasteiger partial charge in [0.25, 0.3) is 0 Å². The molecule has 0 spiro atoms. The number of benzene rings is 4. The van der Waals surface area contributed by atoms with Gasteiger partial charge >= 0.3 is 18.1 Å². The minimum atomic E-state index is -5.08. The summed E-state index contributed by atoms with van der Waals surface area (Å²) >= 11 is 0. The molecule has 0 unspecified atom stereocenters. The van der Waals surface area contributed by atoms with Crippen molar-refractivity contribution in [3.05, 3.63) is 131 Å². The van der Waals surface area contributed by atoms with Gasteiger partial charge in [-0.3, -0.25) is 4.90 Å². The number of carboxylic acids is 2. The molecule has 4 aromatic carbocycles. The Balaban J connectivity index is 0.000000559. The van der Waals surface area contributed by atoms with Crippen LogP contribution in [0.3, 0.4) is 0 Å². The lowest BCUT2D eigenvalue weighted by atomic mass is 10.0. The van der Waals surface area contributed by atoms with Crippen molar-refractivity contribution in [2.24, 2.45) is 0 Å². The van der Waals surface area contributed by atoms with Crippen molar-refractivity contribution < 1.29 is 33.0 Å². The first-order valence-electron chi connectivity index (χ1n) is 12.6. The van der Waals surface area contributed by atoms with Crippen molar-refractivity contribution in [3.8, 4) is 11.1 Å². The quantitative estimate of drug-likeness (QED) is 0.217. The Hall–Kier alpha value is -4.43. The van der Waals surface area contributed by atoms with Crippen LogP contribution in [0.4, 0.5) is 13.2 Å². The van der Waals surface area contributed by atoms with Crippen molar-refractivity contribution in [3.63, 3.8) is 0 Å². The minimum absolute atomic E-state index is 0.308. The van der Waals surface area contributed by atoms with Gasteiger partial charge in [0, 0.05) is 13.1 Å². The largest absolute Gasteiger partial charge is 0.490 e. The highest BCUT2D eigenvalue weighted by Crippen LogP contribution is 2.22. The topological polar surface area (TPSA) is 77.8 Å². The summed E-state index contributed by atoms with van der Waals surface area (Å²) in [4.78, 5) is 22.5. The lowest BCUT2D eigenvalue weighted by molar-refractivity contribution is -0.192. The molecule has 0 radical (unpaired) electrons. The molecular weight excluding hydrogens is 519 g/mol. The number of carbonyl (C=O) groups is 2. The van der Waals surface area contributed by atoms with Crippen LogP contribution in [0.25, 0.3) is 11.1 Å². The molecule has 0 saturated heterocycles. The first-order chi connectivity index (χ1) is 19.1. The number of halogens is 3. The molecule has 0 aromatic heterocycles. The maximum Gasteiger partial charge on any atom is 0.490 e. The molecule has 4 rings (SSSR count). The van der Waals surface area contributed by atoms with E-state index in [4.69, 9.17) is 15.0 Å². The first kappa shape index (κ1) is 30.1. The molecule has 0 saturated carbocycles. The van der Waals surface area contributed by atoms with Gasteiger partial charge in [-0.15, -0.1) is 0 Å². The van der Waals surface area contributed by atoms with Gasteiger partial charge in [-0.2, -0.15) is 13.2 Å². The van der Waals surface area contributed by atoms with E-state index in [1.165, 1.54) is 16.7 Å². The molecule has 5 nitrogen and oxygen atoms in total. The van der Waals surface area contributed by atoms with Gasteiger partial charge in [-0.1, -0.05) is 97.1 Å². The monoisotopic (exact) mass is 549 g/mol. The van der Waals surface area contributed by atoms with E-state index < -0.39 is 18.1 Å². The van der Waals surface area contributed by atoms with Crippen LogP contribution in [0.15, 0.2) is 109 Å². The van der Waals surface area contributed by atoms with Gasteiger partial charge in [0.2, 0.25) is 0 Å². The van der Waals surface area contributed by atoms with Crippen molar-refractivity contribution in [2.45, 2.75) is 32.1 Å². The zero-order valence-electron chi connectivity index (χ0n) is 21.7. The number of aliphatic carboxylic acids is 1. The predicted molar refractivity (Wildman–Crippen MR) is 148 cm³/mol. The molecular formula is C32H30F3NO4. The van der Waals surface area contributed by atoms with Gasteiger partial charge in [0.1, 0.15) is 0 Å². The number of nitrogens with zero attached hydrogens (tertiary/aromatic N) is 1. The molecule has 0 amide bonds. The third kappa shape index (κ3) is 10.0. The van der Waals surface area contributed by atoms with E-state index >= 15 is 0 Å². The lowest BCUT2D eigenvalue weighted by Gasteiger charge is -2.23. The Bertz CT molecular complexity index is 1340. The molecule has 0 aliphatic rings. The molecule has 0 atom stereocenters. The highest BCUT2D eigenvalue weighted by atomic mass is 19.4. The minimum Gasteiger partial charge on any atom is -0.478 e. The average Bonchev–Trinajstić information content (AvgIpc) is 2.94. The van der Waals surface area contributed by atoms with Crippen molar-refractivity contribution in [1.29, 1.82) is 0 Å².